The molecule has 178 valence electrons. The van der Waals surface area contributed by atoms with Crippen LogP contribution < -0.4 is 25.8 Å². The number of likely N-dealkylation sites (tertiary alicyclic amines) is 1. The number of piperidine rings is 1. The molecule has 0 radical (unpaired) electrons. The summed E-state index contributed by atoms with van der Waals surface area (Å²) in [6.07, 6.45) is 1.93. The predicted molar refractivity (Wildman–Crippen MR) is 135 cm³/mol. The third-order valence-corrected chi connectivity index (χ3v) is 5.83. The number of aromatic nitrogens is 1. The molecular formula is C25H33N3O4S. The summed E-state index contributed by atoms with van der Waals surface area (Å²) >= 11 is 4.04. The van der Waals surface area contributed by atoms with E-state index in [4.69, 9.17) is 9.15 Å². The van der Waals surface area contributed by atoms with Gasteiger partial charge in [0, 0.05) is 58.2 Å². The number of hydrogen-bond acceptors (Lipinski definition) is 7. The largest absolute Gasteiger partial charge is 0.489 e. The summed E-state index contributed by atoms with van der Waals surface area (Å²) in [6.45, 7) is 11.4. The number of hydrogen-bond donors (Lipinski definition) is 1. The molecule has 1 aromatic heterocycles. The first-order valence-corrected chi connectivity index (χ1v) is 11.6. The number of carbonyl (C=O) groups is 1. The van der Waals surface area contributed by atoms with Crippen molar-refractivity contribution in [3.05, 3.63) is 39.2 Å². The standard InChI is InChI=1S/C25H33N3O4S/c1-16-20(15-33)24(30)32-23(26-16)19-8-7-17(27(5)6)13-21(19)31-18-9-11-28(12-10-18)22(29)14-25(2,3)4/h7-8,13,15,18,33H,1,9-12,14H2,2-6H3/b20-15+. The molecule has 1 fully saturated rings. The highest BCUT2D eigenvalue weighted by Crippen LogP contribution is 2.33. The molecule has 2 heterocycles. The summed E-state index contributed by atoms with van der Waals surface area (Å²) in [4.78, 5) is 33.2. The van der Waals surface area contributed by atoms with Crippen molar-refractivity contribution < 1.29 is 13.9 Å². The molecule has 0 atom stereocenters. The number of thiol groups is 1. The van der Waals surface area contributed by atoms with Crippen molar-refractivity contribution >= 4 is 36.2 Å². The fraction of sp³-hybridized carbons (Fsp3) is 0.480. The molecule has 2 aromatic rings. The van der Waals surface area contributed by atoms with Gasteiger partial charge in [0.25, 0.3) is 0 Å². The summed E-state index contributed by atoms with van der Waals surface area (Å²) in [7, 11) is 3.89. The molecule has 0 N–H and O–H groups in total. The van der Waals surface area contributed by atoms with Crippen LogP contribution in [0.3, 0.4) is 0 Å². The van der Waals surface area contributed by atoms with Crippen LogP contribution in [-0.4, -0.2) is 49.1 Å². The molecular weight excluding hydrogens is 438 g/mol. The molecule has 0 spiro atoms. The third-order valence-electron chi connectivity index (χ3n) is 5.57. The molecule has 1 aliphatic rings. The van der Waals surface area contributed by atoms with Crippen LogP contribution in [0.15, 0.2) is 27.4 Å². The van der Waals surface area contributed by atoms with Gasteiger partial charge in [-0.25, -0.2) is 9.78 Å². The number of carbonyl (C=O) groups excluding carboxylic acids is 1. The minimum atomic E-state index is -0.548. The Morgan fingerprint density at radius 3 is 2.55 bits per heavy atom. The summed E-state index contributed by atoms with van der Waals surface area (Å²) in [5.74, 6) is 0.923. The molecule has 1 aliphatic heterocycles. The normalized spacial score (nSPS) is 15.6. The van der Waals surface area contributed by atoms with E-state index in [1.165, 1.54) is 5.41 Å². The Kier molecular flexibility index (Phi) is 7.57. The van der Waals surface area contributed by atoms with Crippen molar-refractivity contribution in [2.75, 3.05) is 32.1 Å². The fourth-order valence-electron chi connectivity index (χ4n) is 3.74. The highest BCUT2D eigenvalue weighted by Gasteiger charge is 2.27. The van der Waals surface area contributed by atoms with Gasteiger partial charge in [-0.2, -0.15) is 12.6 Å². The predicted octanol–water partition coefficient (Wildman–Crippen LogP) is 2.65. The second-order valence-corrected chi connectivity index (χ2v) is 10.1. The lowest BCUT2D eigenvalue weighted by Gasteiger charge is -2.34. The smallest absolute Gasteiger partial charge is 0.347 e. The molecule has 1 amide bonds. The number of rotatable bonds is 5. The lowest BCUT2D eigenvalue weighted by molar-refractivity contribution is -0.134. The zero-order valence-corrected chi connectivity index (χ0v) is 20.9. The van der Waals surface area contributed by atoms with E-state index in [2.05, 4.69) is 45.0 Å². The fourth-order valence-corrected chi connectivity index (χ4v) is 3.99. The first-order chi connectivity index (χ1) is 15.5. The molecule has 1 saturated heterocycles. The molecule has 0 saturated carbocycles. The van der Waals surface area contributed by atoms with E-state index in [1.54, 1.807) is 0 Å². The highest BCUT2D eigenvalue weighted by molar-refractivity contribution is 7.88. The SMILES string of the molecule is C=c1nc(-c2ccc(N(C)C)cc2OC2CCN(C(=O)CC(C)(C)C)CC2)oc(=O)/c1=C/S. The van der Waals surface area contributed by atoms with Gasteiger partial charge in [0.2, 0.25) is 11.8 Å². The van der Waals surface area contributed by atoms with Gasteiger partial charge in [0.05, 0.1) is 16.1 Å². The first-order valence-electron chi connectivity index (χ1n) is 11.1. The topological polar surface area (TPSA) is 75.9 Å². The van der Waals surface area contributed by atoms with Crippen molar-refractivity contribution in [3.63, 3.8) is 0 Å². The lowest BCUT2D eigenvalue weighted by Crippen LogP contribution is -2.42. The molecule has 0 aliphatic carbocycles. The van der Waals surface area contributed by atoms with E-state index >= 15 is 0 Å². The van der Waals surface area contributed by atoms with Gasteiger partial charge in [-0.3, -0.25) is 4.79 Å². The second-order valence-electron chi connectivity index (χ2n) is 9.81. The summed E-state index contributed by atoms with van der Waals surface area (Å²) < 4.78 is 11.8. The van der Waals surface area contributed by atoms with Crippen LogP contribution in [0.1, 0.15) is 40.0 Å². The highest BCUT2D eigenvalue weighted by atomic mass is 32.1. The van der Waals surface area contributed by atoms with Crippen LogP contribution in [0.4, 0.5) is 5.69 Å². The number of anilines is 1. The Hall–Kier alpha value is -2.74. The minimum Gasteiger partial charge on any atom is -0.489 e. The average molecular weight is 472 g/mol. The Morgan fingerprint density at radius 2 is 2.00 bits per heavy atom. The summed E-state index contributed by atoms with van der Waals surface area (Å²) in [5.41, 5.74) is 0.952. The van der Waals surface area contributed by atoms with E-state index in [0.29, 0.717) is 36.2 Å². The number of amides is 1. The van der Waals surface area contributed by atoms with Crippen LogP contribution in [0, 0.1) is 5.41 Å². The molecule has 1 aromatic carbocycles. The van der Waals surface area contributed by atoms with Crippen molar-refractivity contribution in [3.8, 4) is 17.2 Å². The summed E-state index contributed by atoms with van der Waals surface area (Å²) in [6, 6.07) is 5.66. The van der Waals surface area contributed by atoms with E-state index in [0.717, 1.165) is 18.5 Å². The Bertz CT molecular complexity index is 1140. The van der Waals surface area contributed by atoms with Gasteiger partial charge in [-0.15, -0.1) is 0 Å². The second kappa shape index (κ2) is 10.0. The van der Waals surface area contributed by atoms with Crippen molar-refractivity contribution in [1.29, 1.82) is 0 Å². The molecule has 0 bridgehead atoms. The maximum atomic E-state index is 12.6. The maximum absolute atomic E-state index is 12.6. The number of benzene rings is 1. The lowest BCUT2D eigenvalue weighted by atomic mass is 9.91. The van der Waals surface area contributed by atoms with E-state index in [1.807, 2.05) is 42.1 Å². The van der Waals surface area contributed by atoms with E-state index in [-0.39, 0.29) is 28.5 Å². The van der Waals surface area contributed by atoms with Crippen molar-refractivity contribution in [2.24, 2.45) is 5.41 Å². The Morgan fingerprint density at radius 1 is 1.33 bits per heavy atom. The van der Waals surface area contributed by atoms with Crippen LogP contribution in [0.5, 0.6) is 5.75 Å². The third kappa shape index (κ3) is 6.19. The minimum absolute atomic E-state index is 0.0316. The Labute approximate surface area is 200 Å². The maximum Gasteiger partial charge on any atom is 0.347 e. The number of nitrogens with zero attached hydrogens (tertiary/aromatic N) is 3. The first kappa shape index (κ1) is 24.9. The van der Waals surface area contributed by atoms with Gasteiger partial charge in [0.1, 0.15) is 11.9 Å². The molecule has 3 rings (SSSR count). The van der Waals surface area contributed by atoms with Gasteiger partial charge in [-0.1, -0.05) is 27.4 Å². The summed E-state index contributed by atoms with van der Waals surface area (Å²) in [5, 5.41) is 1.86. The van der Waals surface area contributed by atoms with E-state index in [9.17, 15) is 9.59 Å². The van der Waals surface area contributed by atoms with Crippen LogP contribution in [0.2, 0.25) is 0 Å². The molecule has 0 unspecified atom stereocenters. The van der Waals surface area contributed by atoms with Gasteiger partial charge in [0.15, 0.2) is 0 Å². The number of ether oxygens (including phenoxy) is 1. The zero-order chi connectivity index (χ0) is 24.3. The van der Waals surface area contributed by atoms with Gasteiger partial charge < -0.3 is 19.0 Å². The zero-order valence-electron chi connectivity index (χ0n) is 20.1. The van der Waals surface area contributed by atoms with Crippen LogP contribution in [-0.2, 0) is 4.79 Å². The van der Waals surface area contributed by atoms with Crippen molar-refractivity contribution in [1.82, 2.24) is 9.88 Å². The van der Waals surface area contributed by atoms with Gasteiger partial charge >= 0.3 is 5.63 Å². The van der Waals surface area contributed by atoms with Crippen LogP contribution in [0.25, 0.3) is 23.4 Å². The Balaban J connectivity index is 1.85. The van der Waals surface area contributed by atoms with Gasteiger partial charge in [-0.05, 0) is 23.0 Å². The average Bonchev–Trinajstić information content (AvgIpc) is 2.72. The van der Waals surface area contributed by atoms with Crippen LogP contribution >= 0.6 is 12.6 Å². The quantitative estimate of drug-likeness (QED) is 0.676. The molecule has 8 heteroatoms. The van der Waals surface area contributed by atoms with E-state index < -0.39 is 5.63 Å². The molecule has 33 heavy (non-hydrogen) atoms. The van der Waals surface area contributed by atoms with Crippen molar-refractivity contribution in [2.45, 2.75) is 46.1 Å². The molecule has 7 nitrogen and oxygen atoms in total. The monoisotopic (exact) mass is 471 g/mol.